The zero-order valence-corrected chi connectivity index (χ0v) is 14.5. The van der Waals surface area contributed by atoms with Crippen LogP contribution >= 0.6 is 24.0 Å². The van der Waals surface area contributed by atoms with Gasteiger partial charge in [-0.2, -0.15) is 0 Å². The lowest BCUT2D eigenvalue weighted by molar-refractivity contribution is 0.465. The second-order valence-electron chi connectivity index (χ2n) is 5.41. The average Bonchev–Trinajstić information content (AvgIpc) is 2.36. The summed E-state index contributed by atoms with van der Waals surface area (Å²) >= 11 is 0. The van der Waals surface area contributed by atoms with Crippen molar-refractivity contribution in [3.8, 4) is 5.75 Å². The van der Waals surface area contributed by atoms with Crippen LogP contribution in [0.1, 0.15) is 43.4 Å². The normalized spacial score (nSPS) is 14.7. The minimum absolute atomic E-state index is 0. The van der Waals surface area contributed by atoms with Crippen LogP contribution in [0.5, 0.6) is 5.75 Å². The molecule has 0 aliphatic heterocycles. The highest BCUT2D eigenvalue weighted by molar-refractivity contribution is 14.0. The van der Waals surface area contributed by atoms with Gasteiger partial charge in [-0.25, -0.2) is 4.99 Å². The molecule has 0 aromatic heterocycles. The number of halogens is 1. The summed E-state index contributed by atoms with van der Waals surface area (Å²) < 4.78 is 0. The Labute approximate surface area is 137 Å². The molecular weight excluding hydrogens is 365 g/mol. The van der Waals surface area contributed by atoms with Crippen LogP contribution in [0.2, 0.25) is 0 Å². The highest BCUT2D eigenvalue weighted by atomic mass is 127. The number of guanidine groups is 1. The number of rotatable bonds is 3. The molecule has 0 unspecified atom stereocenters. The van der Waals surface area contributed by atoms with E-state index in [4.69, 9.17) is 5.73 Å². The van der Waals surface area contributed by atoms with Gasteiger partial charge in [0.25, 0.3) is 0 Å². The number of fused-ring (bicyclic) bond motifs is 1. The van der Waals surface area contributed by atoms with Gasteiger partial charge in [-0.15, -0.1) is 24.0 Å². The van der Waals surface area contributed by atoms with E-state index in [9.17, 15) is 5.11 Å². The second-order valence-corrected chi connectivity index (χ2v) is 5.41. The van der Waals surface area contributed by atoms with Crippen molar-refractivity contribution in [2.45, 2.75) is 52.1 Å². The summed E-state index contributed by atoms with van der Waals surface area (Å²) in [6.07, 6.45) is 4.56. The van der Waals surface area contributed by atoms with Crippen molar-refractivity contribution >= 4 is 29.9 Å². The monoisotopic (exact) mass is 389 g/mol. The second kappa shape index (κ2) is 7.71. The van der Waals surface area contributed by atoms with E-state index < -0.39 is 0 Å². The third-order valence-corrected chi connectivity index (χ3v) is 3.47. The molecule has 1 aliphatic carbocycles. The zero-order valence-electron chi connectivity index (χ0n) is 12.1. The molecule has 0 amide bonds. The number of aliphatic imine (C=N–C) groups is 1. The van der Waals surface area contributed by atoms with E-state index >= 15 is 0 Å². The van der Waals surface area contributed by atoms with Gasteiger partial charge in [0.05, 0.1) is 6.54 Å². The van der Waals surface area contributed by atoms with Gasteiger partial charge < -0.3 is 16.2 Å². The minimum Gasteiger partial charge on any atom is -0.508 e. The van der Waals surface area contributed by atoms with Gasteiger partial charge in [-0.3, -0.25) is 0 Å². The number of aromatic hydroxyl groups is 1. The van der Waals surface area contributed by atoms with Crippen LogP contribution in [0, 0.1) is 0 Å². The molecule has 1 aromatic rings. The van der Waals surface area contributed by atoms with Crippen molar-refractivity contribution in [3.05, 3.63) is 28.8 Å². The van der Waals surface area contributed by atoms with E-state index in [2.05, 4.69) is 10.3 Å². The quantitative estimate of drug-likeness (QED) is 0.423. The van der Waals surface area contributed by atoms with Crippen molar-refractivity contribution in [2.75, 3.05) is 0 Å². The molecule has 0 fully saturated rings. The SMILES string of the molecule is CC(C)NC(N)=NCc1c(O)ccc2c1CCCC2.I. The first-order valence-corrected chi connectivity index (χ1v) is 6.97. The van der Waals surface area contributed by atoms with Crippen LogP contribution in [-0.4, -0.2) is 17.1 Å². The number of nitrogens with zero attached hydrogens (tertiary/aromatic N) is 1. The van der Waals surface area contributed by atoms with Gasteiger partial charge in [0, 0.05) is 11.6 Å². The largest absolute Gasteiger partial charge is 0.508 e. The number of phenols is 1. The number of nitrogens with two attached hydrogens (primary N) is 1. The smallest absolute Gasteiger partial charge is 0.189 e. The van der Waals surface area contributed by atoms with Crippen LogP contribution < -0.4 is 11.1 Å². The molecule has 0 spiro atoms. The number of phenolic OH excluding ortho intramolecular Hbond substituents is 1. The lowest BCUT2D eigenvalue weighted by atomic mass is 9.88. The predicted molar refractivity (Wildman–Crippen MR) is 93.8 cm³/mol. The topological polar surface area (TPSA) is 70.6 Å². The predicted octanol–water partition coefficient (Wildman–Crippen LogP) is 2.70. The lowest BCUT2D eigenvalue weighted by Gasteiger charge is -2.19. The number of hydrogen-bond donors (Lipinski definition) is 3. The first-order valence-electron chi connectivity index (χ1n) is 6.97. The Morgan fingerprint density at radius 2 is 2.05 bits per heavy atom. The first-order chi connectivity index (χ1) is 9.08. The lowest BCUT2D eigenvalue weighted by Crippen LogP contribution is -2.36. The maximum Gasteiger partial charge on any atom is 0.189 e. The molecule has 0 heterocycles. The van der Waals surface area contributed by atoms with E-state index in [0.717, 1.165) is 18.4 Å². The van der Waals surface area contributed by atoms with E-state index in [1.54, 1.807) is 6.07 Å². The maximum absolute atomic E-state index is 10.0. The van der Waals surface area contributed by atoms with Gasteiger partial charge in [0.1, 0.15) is 5.75 Å². The first kappa shape index (κ1) is 17.1. The van der Waals surface area contributed by atoms with Crippen LogP contribution in [0.15, 0.2) is 17.1 Å². The summed E-state index contributed by atoms with van der Waals surface area (Å²) in [5.41, 5.74) is 9.36. The molecule has 1 aliphatic rings. The van der Waals surface area contributed by atoms with Gasteiger partial charge in [-0.05, 0) is 56.7 Å². The van der Waals surface area contributed by atoms with Crippen LogP contribution in [0.4, 0.5) is 0 Å². The Morgan fingerprint density at radius 3 is 2.75 bits per heavy atom. The Bertz CT molecular complexity index is 486. The fraction of sp³-hybridized carbons (Fsp3) is 0.533. The number of benzene rings is 1. The van der Waals surface area contributed by atoms with Crippen molar-refractivity contribution < 1.29 is 5.11 Å². The van der Waals surface area contributed by atoms with Crippen molar-refractivity contribution in [2.24, 2.45) is 10.7 Å². The van der Waals surface area contributed by atoms with E-state index in [-0.39, 0.29) is 30.0 Å². The number of hydrogen-bond acceptors (Lipinski definition) is 2. The third-order valence-electron chi connectivity index (χ3n) is 3.47. The summed E-state index contributed by atoms with van der Waals surface area (Å²) in [6.45, 7) is 4.48. The molecule has 4 nitrogen and oxygen atoms in total. The molecule has 0 radical (unpaired) electrons. The Kier molecular flexibility index (Phi) is 6.58. The molecule has 4 N–H and O–H groups in total. The minimum atomic E-state index is 0. The molecule has 2 rings (SSSR count). The van der Waals surface area contributed by atoms with Crippen molar-refractivity contribution in [1.82, 2.24) is 5.32 Å². The van der Waals surface area contributed by atoms with Crippen LogP contribution in [0.25, 0.3) is 0 Å². The molecule has 112 valence electrons. The van der Waals surface area contributed by atoms with Crippen LogP contribution in [0.3, 0.4) is 0 Å². The van der Waals surface area contributed by atoms with Crippen molar-refractivity contribution in [1.29, 1.82) is 0 Å². The summed E-state index contributed by atoms with van der Waals surface area (Å²) in [4.78, 5) is 4.33. The van der Waals surface area contributed by atoms with Gasteiger partial charge in [0.15, 0.2) is 5.96 Å². The number of aryl methyl sites for hydroxylation is 1. The van der Waals surface area contributed by atoms with E-state index in [1.165, 1.54) is 24.0 Å². The summed E-state index contributed by atoms with van der Waals surface area (Å²) in [5, 5.41) is 13.1. The third kappa shape index (κ3) is 4.26. The van der Waals surface area contributed by atoms with E-state index in [0.29, 0.717) is 18.3 Å². The molecule has 20 heavy (non-hydrogen) atoms. The zero-order chi connectivity index (χ0) is 13.8. The number of nitrogens with one attached hydrogen (secondary N) is 1. The standard InChI is InChI=1S/C15H23N3O.HI/c1-10(2)18-15(16)17-9-13-12-6-4-3-5-11(12)7-8-14(13)19;/h7-8,10,19H,3-6,9H2,1-2H3,(H3,16,17,18);1H. The van der Waals surface area contributed by atoms with Gasteiger partial charge in [-0.1, -0.05) is 6.07 Å². The Hall–Kier alpha value is -0.980. The van der Waals surface area contributed by atoms with Gasteiger partial charge in [0.2, 0.25) is 0 Å². The Balaban J connectivity index is 0.00000200. The Morgan fingerprint density at radius 1 is 1.35 bits per heavy atom. The highest BCUT2D eigenvalue weighted by Gasteiger charge is 2.16. The molecule has 5 heteroatoms. The van der Waals surface area contributed by atoms with Crippen LogP contribution in [-0.2, 0) is 19.4 Å². The fourth-order valence-electron chi connectivity index (χ4n) is 2.57. The van der Waals surface area contributed by atoms with Crippen molar-refractivity contribution in [3.63, 3.8) is 0 Å². The fourth-order valence-corrected chi connectivity index (χ4v) is 2.57. The molecule has 0 saturated heterocycles. The van der Waals surface area contributed by atoms with E-state index in [1.807, 2.05) is 19.9 Å². The highest BCUT2D eigenvalue weighted by Crippen LogP contribution is 2.30. The molecule has 1 aromatic carbocycles. The summed E-state index contributed by atoms with van der Waals surface area (Å²) in [6, 6.07) is 4.08. The maximum atomic E-state index is 10.0. The summed E-state index contributed by atoms with van der Waals surface area (Å²) in [5.74, 6) is 0.768. The molecule has 0 atom stereocenters. The average molecular weight is 389 g/mol. The van der Waals surface area contributed by atoms with Gasteiger partial charge >= 0.3 is 0 Å². The molecule has 0 bridgehead atoms. The summed E-state index contributed by atoms with van der Waals surface area (Å²) in [7, 11) is 0. The molecule has 0 saturated carbocycles. The molecular formula is C15H24IN3O.